The summed E-state index contributed by atoms with van der Waals surface area (Å²) in [6.07, 6.45) is 7.99. The van der Waals surface area contributed by atoms with E-state index in [9.17, 15) is 9.59 Å². The van der Waals surface area contributed by atoms with Crippen LogP contribution in [0.2, 0.25) is 0 Å². The van der Waals surface area contributed by atoms with Crippen molar-refractivity contribution in [2.24, 2.45) is 23.7 Å². The van der Waals surface area contributed by atoms with Crippen LogP contribution in [0.5, 0.6) is 0 Å². The number of amides is 2. The minimum absolute atomic E-state index is 0.000455. The molecule has 0 saturated heterocycles. The molecular formula is C18H24N2O2S. The average Bonchev–Trinajstić information content (AvgIpc) is 3.25. The molecule has 5 heteroatoms. The first-order valence-corrected chi connectivity index (χ1v) is 9.63. The second-order valence-electron chi connectivity index (χ2n) is 7.63. The van der Waals surface area contributed by atoms with Crippen LogP contribution in [0.3, 0.4) is 0 Å². The van der Waals surface area contributed by atoms with Gasteiger partial charge in [-0.2, -0.15) is 0 Å². The van der Waals surface area contributed by atoms with Crippen LogP contribution >= 0.6 is 11.3 Å². The van der Waals surface area contributed by atoms with Crippen LogP contribution in [-0.4, -0.2) is 11.8 Å². The molecule has 0 spiro atoms. The van der Waals surface area contributed by atoms with Crippen LogP contribution in [0.4, 0.5) is 0 Å². The summed E-state index contributed by atoms with van der Waals surface area (Å²) in [6.45, 7) is 2.26. The Labute approximate surface area is 141 Å². The van der Waals surface area contributed by atoms with Crippen LogP contribution in [0.25, 0.3) is 0 Å². The van der Waals surface area contributed by atoms with Gasteiger partial charge in [0.15, 0.2) is 0 Å². The van der Waals surface area contributed by atoms with Gasteiger partial charge in [-0.05, 0) is 67.9 Å². The lowest BCUT2D eigenvalue weighted by Gasteiger charge is -2.20. The molecule has 4 rings (SSSR count). The van der Waals surface area contributed by atoms with Gasteiger partial charge in [-0.25, -0.2) is 0 Å². The van der Waals surface area contributed by atoms with E-state index in [4.69, 9.17) is 0 Å². The molecule has 3 aliphatic carbocycles. The second-order valence-corrected chi connectivity index (χ2v) is 8.77. The van der Waals surface area contributed by atoms with Crippen LogP contribution in [0.15, 0.2) is 6.07 Å². The molecule has 23 heavy (non-hydrogen) atoms. The summed E-state index contributed by atoms with van der Waals surface area (Å²) in [4.78, 5) is 26.7. The molecule has 4 unspecified atom stereocenters. The van der Waals surface area contributed by atoms with Gasteiger partial charge in [0, 0.05) is 10.8 Å². The summed E-state index contributed by atoms with van der Waals surface area (Å²) in [6, 6.07) is 2.01. The van der Waals surface area contributed by atoms with Gasteiger partial charge in [0.25, 0.3) is 5.91 Å². The van der Waals surface area contributed by atoms with E-state index in [0.29, 0.717) is 11.8 Å². The Balaban J connectivity index is 1.34. The molecule has 4 nitrogen and oxygen atoms in total. The van der Waals surface area contributed by atoms with Gasteiger partial charge >= 0.3 is 0 Å². The molecule has 2 bridgehead atoms. The number of carbonyl (C=O) groups is 2. The maximum Gasteiger partial charge on any atom is 0.279 e. The van der Waals surface area contributed by atoms with Gasteiger partial charge < -0.3 is 0 Å². The van der Waals surface area contributed by atoms with E-state index in [-0.39, 0.29) is 17.7 Å². The molecule has 4 atom stereocenters. The number of rotatable bonds is 2. The Kier molecular flexibility index (Phi) is 3.92. The Morgan fingerprint density at radius 1 is 1.17 bits per heavy atom. The third kappa shape index (κ3) is 2.91. The van der Waals surface area contributed by atoms with Crippen LogP contribution in [0.1, 0.15) is 59.1 Å². The number of hydrogen-bond acceptors (Lipinski definition) is 3. The largest absolute Gasteiger partial charge is 0.279 e. The molecule has 0 aliphatic heterocycles. The molecule has 2 fully saturated rings. The third-order valence-electron chi connectivity index (χ3n) is 5.93. The molecule has 0 radical (unpaired) electrons. The van der Waals surface area contributed by atoms with E-state index < -0.39 is 0 Å². The summed E-state index contributed by atoms with van der Waals surface area (Å²) in [5.74, 6) is 1.90. The number of hydrogen-bond donors (Lipinski definition) is 2. The predicted octanol–water partition coefficient (Wildman–Crippen LogP) is 3.07. The van der Waals surface area contributed by atoms with E-state index in [1.165, 1.54) is 36.1 Å². The second kappa shape index (κ2) is 5.93. The molecule has 1 aromatic heterocycles. The molecular weight excluding hydrogens is 308 g/mol. The molecule has 1 heterocycles. The van der Waals surface area contributed by atoms with Crippen LogP contribution in [-0.2, 0) is 17.6 Å². The number of hydrazine groups is 1. The molecule has 2 N–H and O–H groups in total. The molecule has 3 aliphatic rings. The Morgan fingerprint density at radius 2 is 2.04 bits per heavy atom. The Hall–Kier alpha value is -1.36. The molecule has 2 saturated carbocycles. The quantitative estimate of drug-likeness (QED) is 0.818. The lowest BCUT2D eigenvalue weighted by Crippen LogP contribution is -2.45. The fourth-order valence-corrected chi connectivity index (χ4v) is 5.76. The van der Waals surface area contributed by atoms with Crippen molar-refractivity contribution in [1.82, 2.24) is 10.9 Å². The van der Waals surface area contributed by atoms with Gasteiger partial charge in [-0.1, -0.05) is 13.3 Å². The first kappa shape index (κ1) is 15.2. The van der Waals surface area contributed by atoms with Gasteiger partial charge in [0.05, 0.1) is 4.88 Å². The average molecular weight is 332 g/mol. The standard InChI is InChI=1S/C18H24N2O2S/c1-10-2-5-15-13(6-10)9-16(23-15)18(22)20-19-17(21)14-8-11-3-4-12(14)7-11/h9-12,14H,2-8H2,1H3,(H,19,21)(H,20,22). The van der Waals surface area contributed by atoms with E-state index >= 15 is 0 Å². The van der Waals surface area contributed by atoms with Crippen molar-refractivity contribution in [2.45, 2.75) is 51.9 Å². The number of thiophene rings is 1. The highest BCUT2D eigenvalue weighted by Crippen LogP contribution is 2.48. The van der Waals surface area contributed by atoms with E-state index in [0.717, 1.165) is 30.1 Å². The smallest absolute Gasteiger partial charge is 0.273 e. The Bertz CT molecular complexity index is 639. The summed E-state index contributed by atoms with van der Waals surface area (Å²) < 4.78 is 0. The van der Waals surface area contributed by atoms with Crippen LogP contribution < -0.4 is 10.9 Å². The SMILES string of the molecule is CC1CCc2sc(C(=O)NNC(=O)C3CC4CCC3C4)cc2C1. The zero-order chi connectivity index (χ0) is 16.0. The van der Waals surface area contributed by atoms with E-state index in [2.05, 4.69) is 17.8 Å². The highest BCUT2D eigenvalue weighted by atomic mass is 32.1. The zero-order valence-electron chi connectivity index (χ0n) is 13.6. The predicted molar refractivity (Wildman–Crippen MR) is 90.1 cm³/mol. The number of fused-ring (bicyclic) bond motifs is 3. The zero-order valence-corrected chi connectivity index (χ0v) is 14.4. The van der Waals surface area contributed by atoms with Gasteiger partial charge in [0.2, 0.25) is 5.91 Å². The van der Waals surface area contributed by atoms with Gasteiger partial charge in [-0.15, -0.1) is 11.3 Å². The van der Waals surface area contributed by atoms with E-state index in [1.807, 2.05) is 6.07 Å². The minimum Gasteiger partial charge on any atom is -0.273 e. The van der Waals surface area contributed by atoms with Crippen molar-refractivity contribution < 1.29 is 9.59 Å². The van der Waals surface area contributed by atoms with Crippen molar-refractivity contribution in [3.63, 3.8) is 0 Å². The van der Waals surface area contributed by atoms with Crippen molar-refractivity contribution in [3.05, 3.63) is 21.4 Å². The van der Waals surface area contributed by atoms with Gasteiger partial charge in [0.1, 0.15) is 0 Å². The first-order chi connectivity index (χ1) is 11.1. The topological polar surface area (TPSA) is 58.2 Å². The summed E-state index contributed by atoms with van der Waals surface area (Å²) >= 11 is 1.58. The van der Waals surface area contributed by atoms with Crippen molar-refractivity contribution in [1.29, 1.82) is 0 Å². The first-order valence-electron chi connectivity index (χ1n) is 8.82. The summed E-state index contributed by atoms with van der Waals surface area (Å²) in [7, 11) is 0. The van der Waals surface area contributed by atoms with Crippen LogP contribution in [0, 0.1) is 23.7 Å². The van der Waals surface area contributed by atoms with Crippen molar-refractivity contribution in [2.75, 3.05) is 0 Å². The highest BCUT2D eigenvalue weighted by molar-refractivity contribution is 7.14. The minimum atomic E-state index is -0.173. The Morgan fingerprint density at radius 3 is 2.78 bits per heavy atom. The molecule has 2 amide bonds. The highest BCUT2D eigenvalue weighted by Gasteiger charge is 2.43. The summed E-state index contributed by atoms with van der Waals surface area (Å²) in [5, 5.41) is 0. The maximum absolute atomic E-state index is 12.3. The number of aryl methyl sites for hydroxylation is 1. The molecule has 0 aromatic carbocycles. The van der Waals surface area contributed by atoms with Crippen molar-refractivity contribution >= 4 is 23.2 Å². The summed E-state index contributed by atoms with van der Waals surface area (Å²) in [5.41, 5.74) is 6.61. The third-order valence-corrected chi connectivity index (χ3v) is 7.16. The molecule has 124 valence electrons. The monoisotopic (exact) mass is 332 g/mol. The maximum atomic E-state index is 12.3. The lowest BCUT2D eigenvalue weighted by atomic mass is 9.88. The lowest BCUT2D eigenvalue weighted by molar-refractivity contribution is -0.127. The fourth-order valence-electron chi connectivity index (χ4n) is 4.66. The molecule has 1 aromatic rings. The van der Waals surface area contributed by atoms with E-state index in [1.54, 1.807) is 11.3 Å². The van der Waals surface area contributed by atoms with Gasteiger partial charge in [-0.3, -0.25) is 20.4 Å². The fraction of sp³-hybridized carbons (Fsp3) is 0.667. The number of nitrogens with one attached hydrogen (secondary N) is 2. The van der Waals surface area contributed by atoms with Crippen molar-refractivity contribution in [3.8, 4) is 0 Å². The number of carbonyl (C=O) groups excluding carboxylic acids is 2. The normalized spacial score (nSPS) is 31.7.